The number of anilines is 2. The Morgan fingerprint density at radius 2 is 2.29 bits per heavy atom. The first-order chi connectivity index (χ1) is 10.1. The van der Waals surface area contributed by atoms with Gasteiger partial charge in [-0.2, -0.15) is 0 Å². The lowest BCUT2D eigenvalue weighted by atomic mass is 10.2. The molecule has 1 amide bonds. The lowest BCUT2D eigenvalue weighted by Gasteiger charge is -2.10. The highest BCUT2D eigenvalue weighted by atomic mass is 79.9. The molecule has 1 aromatic carbocycles. The van der Waals surface area contributed by atoms with Crippen LogP contribution in [0.3, 0.4) is 0 Å². The zero-order valence-electron chi connectivity index (χ0n) is 11.3. The van der Waals surface area contributed by atoms with Crippen LogP contribution >= 0.6 is 27.7 Å². The summed E-state index contributed by atoms with van der Waals surface area (Å²) in [6.45, 7) is 0. The lowest BCUT2D eigenvalue weighted by molar-refractivity contribution is -0.113. The zero-order chi connectivity index (χ0) is 15.2. The van der Waals surface area contributed by atoms with Crippen LogP contribution in [0.4, 0.5) is 11.4 Å². The summed E-state index contributed by atoms with van der Waals surface area (Å²) in [6, 6.07) is 8.81. The molecule has 0 fully saturated rings. The number of ether oxygens (including phenoxy) is 1. The van der Waals surface area contributed by atoms with E-state index in [0.29, 0.717) is 17.1 Å². The molecule has 0 atom stereocenters. The second-order valence-corrected chi connectivity index (χ2v) is 5.91. The number of halogens is 1. The molecular formula is C14H14BrN3O2S. The van der Waals surface area contributed by atoms with E-state index in [1.807, 2.05) is 12.1 Å². The number of carbonyl (C=O) groups excluding carboxylic acids is 1. The van der Waals surface area contributed by atoms with Gasteiger partial charge in [0.25, 0.3) is 0 Å². The first kappa shape index (κ1) is 15.7. The average Bonchev–Trinajstić information content (AvgIpc) is 2.47. The number of nitrogens with two attached hydrogens (primary N) is 1. The summed E-state index contributed by atoms with van der Waals surface area (Å²) in [7, 11) is 1.54. The summed E-state index contributed by atoms with van der Waals surface area (Å²) in [5, 5.41) is 3.55. The molecule has 0 aliphatic heterocycles. The smallest absolute Gasteiger partial charge is 0.234 e. The number of hydrogen-bond acceptors (Lipinski definition) is 5. The Balaban J connectivity index is 1.99. The SMILES string of the molecule is COc1ccc(N)cc1NC(=O)CSc1ncccc1Br. The van der Waals surface area contributed by atoms with Crippen LogP contribution in [0, 0.1) is 0 Å². The van der Waals surface area contributed by atoms with Crippen molar-refractivity contribution in [2.45, 2.75) is 5.03 Å². The fraction of sp³-hybridized carbons (Fsp3) is 0.143. The quantitative estimate of drug-likeness (QED) is 0.626. The van der Waals surface area contributed by atoms with E-state index >= 15 is 0 Å². The largest absolute Gasteiger partial charge is 0.495 e. The fourth-order valence-electron chi connectivity index (χ4n) is 1.62. The van der Waals surface area contributed by atoms with E-state index in [0.717, 1.165) is 9.50 Å². The van der Waals surface area contributed by atoms with Gasteiger partial charge < -0.3 is 15.8 Å². The van der Waals surface area contributed by atoms with Crippen LogP contribution in [0.5, 0.6) is 5.75 Å². The van der Waals surface area contributed by atoms with Crippen LogP contribution in [0.15, 0.2) is 46.0 Å². The van der Waals surface area contributed by atoms with Crippen molar-refractivity contribution < 1.29 is 9.53 Å². The molecule has 2 rings (SSSR count). The van der Waals surface area contributed by atoms with Gasteiger partial charge in [-0.1, -0.05) is 11.8 Å². The van der Waals surface area contributed by atoms with Crippen molar-refractivity contribution in [3.63, 3.8) is 0 Å². The predicted octanol–water partition coefficient (Wildman–Crippen LogP) is 3.17. The average molecular weight is 368 g/mol. The molecule has 2 aromatic rings. The number of methoxy groups -OCH3 is 1. The van der Waals surface area contributed by atoms with E-state index in [-0.39, 0.29) is 11.7 Å². The summed E-state index contributed by atoms with van der Waals surface area (Å²) >= 11 is 4.74. The topological polar surface area (TPSA) is 77.2 Å². The number of pyridine rings is 1. The number of thioether (sulfide) groups is 1. The fourth-order valence-corrected chi connectivity index (χ4v) is 2.90. The number of carbonyl (C=O) groups is 1. The molecule has 3 N–H and O–H groups in total. The Bertz CT molecular complexity index is 652. The van der Waals surface area contributed by atoms with Gasteiger partial charge in [0.1, 0.15) is 10.8 Å². The molecule has 0 aliphatic rings. The molecule has 21 heavy (non-hydrogen) atoms. The van der Waals surface area contributed by atoms with Crippen LogP contribution in [-0.2, 0) is 4.79 Å². The summed E-state index contributed by atoms with van der Waals surface area (Å²) < 4.78 is 6.05. The van der Waals surface area contributed by atoms with Crippen molar-refractivity contribution in [1.29, 1.82) is 0 Å². The second-order valence-electron chi connectivity index (χ2n) is 4.09. The van der Waals surface area contributed by atoms with Crippen molar-refractivity contribution in [2.75, 3.05) is 23.9 Å². The normalized spacial score (nSPS) is 10.2. The van der Waals surface area contributed by atoms with Gasteiger partial charge in [0.15, 0.2) is 0 Å². The molecule has 0 saturated heterocycles. The van der Waals surface area contributed by atoms with E-state index in [2.05, 4.69) is 26.2 Å². The summed E-state index contributed by atoms with van der Waals surface area (Å²) in [6.07, 6.45) is 1.69. The van der Waals surface area contributed by atoms with Crippen molar-refractivity contribution >= 4 is 45.0 Å². The predicted molar refractivity (Wildman–Crippen MR) is 88.7 cm³/mol. The van der Waals surface area contributed by atoms with Gasteiger partial charge in [0, 0.05) is 16.4 Å². The molecule has 0 aliphatic carbocycles. The molecule has 1 aromatic heterocycles. The molecule has 0 unspecified atom stereocenters. The van der Waals surface area contributed by atoms with E-state index in [9.17, 15) is 4.79 Å². The number of hydrogen-bond donors (Lipinski definition) is 2. The summed E-state index contributed by atoms with van der Waals surface area (Å²) in [5.74, 6) is 0.663. The summed E-state index contributed by atoms with van der Waals surface area (Å²) in [4.78, 5) is 16.2. The van der Waals surface area contributed by atoms with Crippen LogP contribution < -0.4 is 15.8 Å². The third-order valence-corrected chi connectivity index (χ3v) is 4.47. The first-order valence-electron chi connectivity index (χ1n) is 6.07. The van der Waals surface area contributed by atoms with Crippen molar-refractivity contribution in [1.82, 2.24) is 4.98 Å². The lowest BCUT2D eigenvalue weighted by Crippen LogP contribution is -2.15. The molecule has 0 saturated carbocycles. The number of nitrogens with one attached hydrogen (secondary N) is 1. The number of aromatic nitrogens is 1. The van der Waals surface area contributed by atoms with E-state index in [1.54, 1.807) is 31.5 Å². The highest BCUT2D eigenvalue weighted by Gasteiger charge is 2.10. The molecule has 0 radical (unpaired) electrons. The Kier molecular flexibility index (Phi) is 5.46. The van der Waals surface area contributed by atoms with Crippen LogP contribution in [0.2, 0.25) is 0 Å². The second kappa shape index (κ2) is 7.33. The van der Waals surface area contributed by atoms with Gasteiger partial charge in [-0.15, -0.1) is 0 Å². The highest BCUT2D eigenvalue weighted by molar-refractivity contribution is 9.10. The van der Waals surface area contributed by atoms with Crippen LogP contribution in [0.1, 0.15) is 0 Å². The van der Waals surface area contributed by atoms with Crippen molar-refractivity contribution in [2.24, 2.45) is 0 Å². The first-order valence-corrected chi connectivity index (χ1v) is 7.84. The minimum atomic E-state index is -0.151. The van der Waals surface area contributed by atoms with Crippen LogP contribution in [-0.4, -0.2) is 23.8 Å². The number of nitrogens with zero attached hydrogens (tertiary/aromatic N) is 1. The Hall–Kier alpha value is -1.73. The van der Waals surface area contributed by atoms with Gasteiger partial charge in [-0.3, -0.25) is 4.79 Å². The molecular weight excluding hydrogens is 354 g/mol. The van der Waals surface area contributed by atoms with Gasteiger partial charge in [0.2, 0.25) is 5.91 Å². The Morgan fingerprint density at radius 1 is 1.48 bits per heavy atom. The molecule has 0 bridgehead atoms. The maximum atomic E-state index is 12.0. The van der Waals surface area contributed by atoms with E-state index in [4.69, 9.17) is 10.5 Å². The molecule has 1 heterocycles. The third kappa shape index (κ3) is 4.37. The van der Waals surface area contributed by atoms with E-state index < -0.39 is 0 Å². The zero-order valence-corrected chi connectivity index (χ0v) is 13.7. The van der Waals surface area contributed by atoms with Gasteiger partial charge >= 0.3 is 0 Å². The van der Waals surface area contributed by atoms with Crippen molar-refractivity contribution in [3.8, 4) is 5.75 Å². The maximum absolute atomic E-state index is 12.0. The Morgan fingerprint density at radius 3 is 3.00 bits per heavy atom. The number of amides is 1. The van der Waals surface area contributed by atoms with Crippen LogP contribution in [0.25, 0.3) is 0 Å². The molecule has 5 nitrogen and oxygen atoms in total. The maximum Gasteiger partial charge on any atom is 0.234 e. The Labute approximate surface area is 135 Å². The van der Waals surface area contributed by atoms with Gasteiger partial charge in [0.05, 0.1) is 18.6 Å². The number of nitrogen functional groups attached to an aromatic ring is 1. The van der Waals surface area contributed by atoms with E-state index in [1.165, 1.54) is 11.8 Å². The third-order valence-electron chi connectivity index (χ3n) is 2.56. The molecule has 110 valence electrons. The van der Waals surface area contributed by atoms with Gasteiger partial charge in [-0.05, 0) is 46.3 Å². The highest BCUT2D eigenvalue weighted by Crippen LogP contribution is 2.28. The molecule has 0 spiro atoms. The van der Waals surface area contributed by atoms with Gasteiger partial charge in [-0.25, -0.2) is 4.98 Å². The minimum absolute atomic E-state index is 0.151. The number of benzene rings is 1. The van der Waals surface area contributed by atoms with Crippen molar-refractivity contribution in [3.05, 3.63) is 41.0 Å². The number of rotatable bonds is 5. The summed E-state index contributed by atoms with van der Waals surface area (Å²) in [5.41, 5.74) is 6.83. The standard InChI is InChI=1S/C14H14BrN3O2S/c1-20-12-5-4-9(16)7-11(12)18-13(19)8-21-14-10(15)3-2-6-17-14/h2-7H,8,16H2,1H3,(H,18,19). The monoisotopic (exact) mass is 367 g/mol. The molecule has 7 heteroatoms. The minimum Gasteiger partial charge on any atom is -0.495 e.